The molecule has 1 N–H and O–H groups in total. The van der Waals surface area contributed by atoms with E-state index in [1.807, 2.05) is 20.9 Å². The Labute approximate surface area is 67.1 Å². The number of aryl methyl sites for hydroxylation is 1. The van der Waals surface area contributed by atoms with Crippen LogP contribution in [0.3, 0.4) is 0 Å². The van der Waals surface area contributed by atoms with Crippen molar-refractivity contribution in [3.8, 4) is 0 Å². The molecular formula is C8H15NS. The molecule has 0 aliphatic carbocycles. The molecule has 0 amide bonds. The van der Waals surface area contributed by atoms with E-state index in [1.54, 1.807) is 11.3 Å². The lowest BCUT2D eigenvalue weighted by molar-refractivity contribution is 1.50. The molecule has 0 aliphatic heterocycles. The van der Waals surface area contributed by atoms with Gasteiger partial charge in [-0.05, 0) is 19.1 Å². The van der Waals surface area contributed by atoms with Crippen molar-refractivity contribution in [3.05, 3.63) is 17.0 Å². The standard InChI is InChI=1S/C6H9NS.C2H6/c1-5-3-4-6(7-2)8-5;1-2/h3-4,7H,1-2H3;1-2H3. The average Bonchev–Trinajstić information content (AvgIpc) is 2.40. The Bertz CT molecular complexity index is 170. The Morgan fingerprint density at radius 1 is 1.30 bits per heavy atom. The van der Waals surface area contributed by atoms with Gasteiger partial charge < -0.3 is 5.32 Å². The molecule has 1 rings (SSSR count). The fourth-order valence-corrected chi connectivity index (χ4v) is 1.29. The molecule has 0 unspecified atom stereocenters. The van der Waals surface area contributed by atoms with Crippen molar-refractivity contribution in [3.63, 3.8) is 0 Å². The molecule has 1 nitrogen and oxygen atoms in total. The zero-order valence-corrected chi connectivity index (χ0v) is 7.88. The number of thiophene rings is 1. The molecule has 0 atom stereocenters. The fourth-order valence-electron chi connectivity index (χ4n) is 0.569. The third-order valence-electron chi connectivity index (χ3n) is 0.987. The summed E-state index contributed by atoms with van der Waals surface area (Å²) in [6, 6.07) is 4.19. The summed E-state index contributed by atoms with van der Waals surface area (Å²) in [7, 11) is 1.94. The molecule has 58 valence electrons. The smallest absolute Gasteiger partial charge is 0.0882 e. The van der Waals surface area contributed by atoms with E-state index in [4.69, 9.17) is 0 Å². The van der Waals surface area contributed by atoms with Crippen molar-refractivity contribution in [2.24, 2.45) is 0 Å². The van der Waals surface area contributed by atoms with Crippen molar-refractivity contribution < 1.29 is 0 Å². The highest BCUT2D eigenvalue weighted by atomic mass is 32.1. The molecule has 0 saturated carbocycles. The molecule has 0 aliphatic rings. The van der Waals surface area contributed by atoms with Crippen molar-refractivity contribution in [2.75, 3.05) is 12.4 Å². The van der Waals surface area contributed by atoms with E-state index in [9.17, 15) is 0 Å². The normalized spacial score (nSPS) is 8.00. The SMILES string of the molecule is CC.CNc1ccc(C)s1. The van der Waals surface area contributed by atoms with Gasteiger partial charge in [-0.2, -0.15) is 0 Å². The van der Waals surface area contributed by atoms with Crippen LogP contribution in [0.1, 0.15) is 18.7 Å². The lowest BCUT2D eigenvalue weighted by Crippen LogP contribution is -1.79. The Kier molecular flexibility index (Phi) is 5.03. The first-order valence-electron chi connectivity index (χ1n) is 3.57. The number of hydrogen-bond acceptors (Lipinski definition) is 2. The van der Waals surface area contributed by atoms with Crippen LogP contribution in [0.25, 0.3) is 0 Å². The maximum atomic E-state index is 3.07. The van der Waals surface area contributed by atoms with E-state index in [0.29, 0.717) is 0 Å². The maximum absolute atomic E-state index is 3.07. The van der Waals surface area contributed by atoms with Gasteiger partial charge in [-0.1, -0.05) is 13.8 Å². The van der Waals surface area contributed by atoms with Gasteiger partial charge >= 0.3 is 0 Å². The molecule has 1 aromatic heterocycles. The zero-order valence-electron chi connectivity index (χ0n) is 7.06. The van der Waals surface area contributed by atoms with Crippen LogP contribution >= 0.6 is 11.3 Å². The van der Waals surface area contributed by atoms with E-state index in [1.165, 1.54) is 9.88 Å². The molecule has 0 spiro atoms. The topological polar surface area (TPSA) is 12.0 Å². The molecule has 0 fully saturated rings. The zero-order chi connectivity index (χ0) is 7.98. The van der Waals surface area contributed by atoms with Crippen LogP contribution in [0.15, 0.2) is 12.1 Å². The molecule has 10 heavy (non-hydrogen) atoms. The van der Waals surface area contributed by atoms with Gasteiger partial charge in [0, 0.05) is 11.9 Å². The van der Waals surface area contributed by atoms with E-state index in [-0.39, 0.29) is 0 Å². The minimum atomic E-state index is 1.24. The summed E-state index contributed by atoms with van der Waals surface area (Å²) >= 11 is 1.78. The van der Waals surface area contributed by atoms with Crippen LogP contribution in [0.2, 0.25) is 0 Å². The molecule has 0 radical (unpaired) electrons. The van der Waals surface area contributed by atoms with Crippen LogP contribution in [0.5, 0.6) is 0 Å². The lowest BCUT2D eigenvalue weighted by atomic mass is 10.5. The highest BCUT2D eigenvalue weighted by molar-refractivity contribution is 7.15. The summed E-state index contributed by atoms with van der Waals surface area (Å²) in [4.78, 5) is 1.36. The Morgan fingerprint density at radius 2 is 1.90 bits per heavy atom. The maximum Gasteiger partial charge on any atom is 0.0882 e. The van der Waals surface area contributed by atoms with Crippen LogP contribution in [0.4, 0.5) is 5.00 Å². The Hall–Kier alpha value is -0.500. The fraction of sp³-hybridized carbons (Fsp3) is 0.500. The van der Waals surface area contributed by atoms with Gasteiger partial charge in [-0.15, -0.1) is 11.3 Å². The summed E-state index contributed by atoms with van der Waals surface area (Å²) in [5.41, 5.74) is 0. The highest BCUT2D eigenvalue weighted by Crippen LogP contribution is 2.19. The second-order valence-corrected chi connectivity index (χ2v) is 2.95. The van der Waals surface area contributed by atoms with Gasteiger partial charge in [-0.3, -0.25) is 0 Å². The van der Waals surface area contributed by atoms with Crippen LogP contribution in [-0.4, -0.2) is 7.05 Å². The number of nitrogens with one attached hydrogen (secondary N) is 1. The van der Waals surface area contributed by atoms with Gasteiger partial charge in [0.15, 0.2) is 0 Å². The van der Waals surface area contributed by atoms with Crippen molar-refractivity contribution in [1.82, 2.24) is 0 Å². The Balaban J connectivity index is 0.000000371. The largest absolute Gasteiger partial charge is 0.380 e. The first-order valence-corrected chi connectivity index (χ1v) is 4.39. The molecule has 1 aromatic rings. The van der Waals surface area contributed by atoms with E-state index >= 15 is 0 Å². The van der Waals surface area contributed by atoms with Crippen molar-refractivity contribution >= 4 is 16.3 Å². The monoisotopic (exact) mass is 157 g/mol. The van der Waals surface area contributed by atoms with E-state index in [2.05, 4.69) is 24.4 Å². The van der Waals surface area contributed by atoms with Crippen LogP contribution in [-0.2, 0) is 0 Å². The predicted octanol–water partition coefficient (Wildman–Crippen LogP) is 3.12. The summed E-state index contributed by atoms with van der Waals surface area (Å²) in [5.74, 6) is 0. The van der Waals surface area contributed by atoms with Crippen molar-refractivity contribution in [1.29, 1.82) is 0 Å². The average molecular weight is 157 g/mol. The van der Waals surface area contributed by atoms with Crippen molar-refractivity contribution in [2.45, 2.75) is 20.8 Å². The number of hydrogen-bond donors (Lipinski definition) is 1. The summed E-state index contributed by atoms with van der Waals surface area (Å²) in [6.45, 7) is 6.10. The predicted molar refractivity (Wildman–Crippen MR) is 50.0 cm³/mol. The third kappa shape index (κ3) is 2.87. The quantitative estimate of drug-likeness (QED) is 0.660. The van der Waals surface area contributed by atoms with E-state index < -0.39 is 0 Å². The van der Waals surface area contributed by atoms with Gasteiger partial charge in [0.2, 0.25) is 0 Å². The van der Waals surface area contributed by atoms with Gasteiger partial charge in [0.1, 0.15) is 0 Å². The van der Waals surface area contributed by atoms with Gasteiger partial charge in [0.05, 0.1) is 5.00 Å². The van der Waals surface area contributed by atoms with Crippen LogP contribution in [0, 0.1) is 6.92 Å². The van der Waals surface area contributed by atoms with Crippen LogP contribution < -0.4 is 5.32 Å². The second-order valence-electron chi connectivity index (χ2n) is 1.66. The second kappa shape index (κ2) is 5.30. The third-order valence-corrected chi connectivity index (χ3v) is 2.00. The lowest BCUT2D eigenvalue weighted by Gasteiger charge is -1.86. The highest BCUT2D eigenvalue weighted by Gasteiger charge is 1.88. The minimum Gasteiger partial charge on any atom is -0.380 e. The molecule has 0 aromatic carbocycles. The molecule has 0 bridgehead atoms. The van der Waals surface area contributed by atoms with Gasteiger partial charge in [0.25, 0.3) is 0 Å². The molecule has 2 heteroatoms. The molecular weight excluding hydrogens is 142 g/mol. The van der Waals surface area contributed by atoms with Gasteiger partial charge in [-0.25, -0.2) is 0 Å². The Morgan fingerprint density at radius 3 is 2.10 bits per heavy atom. The molecule has 1 heterocycles. The van der Waals surface area contributed by atoms with E-state index in [0.717, 1.165) is 0 Å². The first-order chi connectivity index (χ1) is 4.83. The summed E-state index contributed by atoms with van der Waals surface area (Å²) in [6.07, 6.45) is 0. The summed E-state index contributed by atoms with van der Waals surface area (Å²) < 4.78 is 0. The summed E-state index contributed by atoms with van der Waals surface area (Å²) in [5, 5.41) is 4.30. The number of anilines is 1. The molecule has 0 saturated heterocycles. The minimum absolute atomic E-state index is 1.24. The first kappa shape index (κ1) is 9.50. The number of rotatable bonds is 1.